The third-order valence-corrected chi connectivity index (χ3v) is 4.49. The lowest BCUT2D eigenvalue weighted by atomic mass is 10.0. The van der Waals surface area contributed by atoms with Gasteiger partial charge >= 0.3 is 0 Å². The monoisotopic (exact) mass is 348 g/mol. The molecule has 3 aromatic rings. The lowest BCUT2D eigenvalue weighted by Crippen LogP contribution is -2.38. The SMILES string of the molecule is CN(C)c1nc(-c2ccccc2)nc2c1CCN(C(=O)c1ncc[nH]1)C2. The molecule has 0 spiro atoms. The zero-order valence-electron chi connectivity index (χ0n) is 14.8. The molecule has 0 aliphatic carbocycles. The number of imidazole rings is 1. The predicted octanol–water partition coefficient (Wildman–Crippen LogP) is 2.13. The number of benzene rings is 1. The van der Waals surface area contributed by atoms with E-state index in [1.165, 1.54) is 0 Å². The van der Waals surface area contributed by atoms with E-state index in [0.717, 1.165) is 29.1 Å². The van der Waals surface area contributed by atoms with Crippen LogP contribution in [0.3, 0.4) is 0 Å². The van der Waals surface area contributed by atoms with Gasteiger partial charge in [-0.3, -0.25) is 4.79 Å². The number of carbonyl (C=O) groups is 1. The lowest BCUT2D eigenvalue weighted by molar-refractivity contribution is 0.0720. The standard InChI is InChI=1S/C19H20N6O/c1-24(2)18-14-8-11-25(19(26)17-20-9-10-21-17)12-15(14)22-16(23-18)13-6-4-3-5-7-13/h3-7,9-10H,8,11-12H2,1-2H3,(H,20,21). The zero-order chi connectivity index (χ0) is 18.1. The van der Waals surface area contributed by atoms with Crippen LogP contribution in [0, 0.1) is 0 Å². The van der Waals surface area contributed by atoms with E-state index >= 15 is 0 Å². The Morgan fingerprint density at radius 1 is 1.19 bits per heavy atom. The smallest absolute Gasteiger partial charge is 0.290 e. The molecular weight excluding hydrogens is 328 g/mol. The lowest BCUT2D eigenvalue weighted by Gasteiger charge is -2.30. The molecule has 7 nitrogen and oxygen atoms in total. The Labute approximate surface area is 151 Å². The van der Waals surface area contributed by atoms with Crippen molar-refractivity contribution in [3.63, 3.8) is 0 Å². The average Bonchev–Trinajstić information content (AvgIpc) is 3.21. The Morgan fingerprint density at radius 2 is 2.00 bits per heavy atom. The summed E-state index contributed by atoms with van der Waals surface area (Å²) in [7, 11) is 3.97. The summed E-state index contributed by atoms with van der Waals surface area (Å²) in [6.07, 6.45) is 3.97. The van der Waals surface area contributed by atoms with E-state index < -0.39 is 0 Å². The fourth-order valence-electron chi connectivity index (χ4n) is 3.20. The maximum Gasteiger partial charge on any atom is 0.290 e. The number of anilines is 1. The largest absolute Gasteiger partial charge is 0.362 e. The van der Waals surface area contributed by atoms with Crippen LogP contribution in [0.15, 0.2) is 42.7 Å². The van der Waals surface area contributed by atoms with Gasteiger partial charge in [0.15, 0.2) is 11.6 Å². The van der Waals surface area contributed by atoms with Gasteiger partial charge in [-0.05, 0) is 6.42 Å². The summed E-state index contributed by atoms with van der Waals surface area (Å²) in [6, 6.07) is 9.91. The molecule has 0 fully saturated rings. The number of fused-ring (bicyclic) bond motifs is 1. The number of hydrogen-bond donors (Lipinski definition) is 1. The summed E-state index contributed by atoms with van der Waals surface area (Å²) in [5.74, 6) is 1.85. The first-order valence-corrected chi connectivity index (χ1v) is 8.54. The minimum absolute atomic E-state index is 0.105. The maximum absolute atomic E-state index is 12.6. The number of carbonyl (C=O) groups excluding carboxylic acids is 1. The molecule has 1 amide bonds. The van der Waals surface area contributed by atoms with Crippen LogP contribution < -0.4 is 4.90 Å². The molecule has 4 rings (SSSR count). The molecule has 0 saturated carbocycles. The van der Waals surface area contributed by atoms with E-state index in [1.807, 2.05) is 49.3 Å². The Bertz CT molecular complexity index is 921. The van der Waals surface area contributed by atoms with Crippen molar-refractivity contribution in [3.05, 3.63) is 59.8 Å². The number of H-pyrrole nitrogens is 1. The van der Waals surface area contributed by atoms with Crippen LogP contribution in [0.2, 0.25) is 0 Å². The fourth-order valence-corrected chi connectivity index (χ4v) is 3.20. The van der Waals surface area contributed by atoms with Crippen LogP contribution in [-0.2, 0) is 13.0 Å². The van der Waals surface area contributed by atoms with Crippen molar-refractivity contribution in [2.45, 2.75) is 13.0 Å². The van der Waals surface area contributed by atoms with Crippen molar-refractivity contribution in [1.29, 1.82) is 0 Å². The highest BCUT2D eigenvalue weighted by Gasteiger charge is 2.27. The molecule has 3 heterocycles. The first-order chi connectivity index (χ1) is 12.6. The third-order valence-electron chi connectivity index (χ3n) is 4.49. The van der Waals surface area contributed by atoms with Gasteiger partial charge in [-0.2, -0.15) is 0 Å². The fraction of sp³-hybridized carbons (Fsp3) is 0.263. The first-order valence-electron chi connectivity index (χ1n) is 8.54. The van der Waals surface area contributed by atoms with Crippen molar-refractivity contribution >= 4 is 11.7 Å². The molecule has 7 heteroatoms. The molecule has 0 bridgehead atoms. The number of nitrogens with zero attached hydrogens (tertiary/aromatic N) is 5. The third kappa shape index (κ3) is 2.92. The minimum atomic E-state index is -0.105. The van der Waals surface area contributed by atoms with E-state index in [-0.39, 0.29) is 5.91 Å². The van der Waals surface area contributed by atoms with Crippen LogP contribution in [0.4, 0.5) is 5.82 Å². The van der Waals surface area contributed by atoms with Crippen LogP contribution >= 0.6 is 0 Å². The van der Waals surface area contributed by atoms with Crippen LogP contribution in [0.25, 0.3) is 11.4 Å². The van der Waals surface area contributed by atoms with Crippen molar-refractivity contribution < 1.29 is 4.79 Å². The van der Waals surface area contributed by atoms with E-state index in [0.29, 0.717) is 24.7 Å². The highest BCUT2D eigenvalue weighted by Crippen LogP contribution is 2.28. The summed E-state index contributed by atoms with van der Waals surface area (Å²) < 4.78 is 0. The van der Waals surface area contributed by atoms with Gasteiger partial charge in [0, 0.05) is 44.2 Å². The van der Waals surface area contributed by atoms with Gasteiger partial charge in [0.25, 0.3) is 5.91 Å². The second-order valence-electron chi connectivity index (χ2n) is 6.47. The molecule has 0 saturated heterocycles. The zero-order valence-corrected chi connectivity index (χ0v) is 14.8. The minimum Gasteiger partial charge on any atom is -0.362 e. The molecular formula is C19H20N6O. The van der Waals surface area contributed by atoms with Gasteiger partial charge in [0.05, 0.1) is 12.2 Å². The summed E-state index contributed by atoms with van der Waals surface area (Å²) >= 11 is 0. The number of amides is 1. The maximum atomic E-state index is 12.6. The summed E-state index contributed by atoms with van der Waals surface area (Å²) in [4.78, 5) is 32.9. The van der Waals surface area contributed by atoms with E-state index in [9.17, 15) is 4.79 Å². The molecule has 1 aromatic carbocycles. The molecule has 0 unspecified atom stereocenters. The molecule has 1 N–H and O–H groups in total. The summed E-state index contributed by atoms with van der Waals surface area (Å²) in [6.45, 7) is 1.08. The Hall–Kier alpha value is -3.22. The Balaban J connectivity index is 1.73. The van der Waals surface area contributed by atoms with Crippen molar-refractivity contribution in [1.82, 2.24) is 24.8 Å². The van der Waals surface area contributed by atoms with Gasteiger partial charge in [-0.15, -0.1) is 0 Å². The number of hydrogen-bond acceptors (Lipinski definition) is 5. The number of aromatic amines is 1. The molecule has 1 aliphatic rings. The molecule has 0 atom stereocenters. The quantitative estimate of drug-likeness (QED) is 0.784. The normalized spacial score (nSPS) is 13.4. The molecule has 0 radical (unpaired) electrons. The summed E-state index contributed by atoms with van der Waals surface area (Å²) in [5.41, 5.74) is 2.97. The molecule has 132 valence electrons. The van der Waals surface area contributed by atoms with Crippen LogP contribution in [0.1, 0.15) is 21.9 Å². The Morgan fingerprint density at radius 3 is 2.69 bits per heavy atom. The van der Waals surface area contributed by atoms with Gasteiger partial charge in [-0.25, -0.2) is 15.0 Å². The number of nitrogens with one attached hydrogen (secondary N) is 1. The highest BCUT2D eigenvalue weighted by molar-refractivity contribution is 5.90. The second kappa shape index (κ2) is 6.59. The van der Waals surface area contributed by atoms with Crippen LogP contribution in [0.5, 0.6) is 0 Å². The average molecular weight is 348 g/mol. The topological polar surface area (TPSA) is 78.0 Å². The van der Waals surface area contributed by atoms with Crippen molar-refractivity contribution in [2.24, 2.45) is 0 Å². The molecule has 1 aliphatic heterocycles. The van der Waals surface area contributed by atoms with E-state index in [2.05, 4.69) is 9.97 Å². The number of aromatic nitrogens is 4. The van der Waals surface area contributed by atoms with E-state index in [1.54, 1.807) is 17.3 Å². The van der Waals surface area contributed by atoms with Gasteiger partial charge in [-0.1, -0.05) is 30.3 Å². The number of rotatable bonds is 3. The van der Waals surface area contributed by atoms with Crippen molar-refractivity contribution in [2.75, 3.05) is 25.5 Å². The Kier molecular flexibility index (Phi) is 4.12. The van der Waals surface area contributed by atoms with E-state index in [4.69, 9.17) is 9.97 Å². The molecule has 26 heavy (non-hydrogen) atoms. The van der Waals surface area contributed by atoms with Gasteiger partial charge in [0.2, 0.25) is 0 Å². The van der Waals surface area contributed by atoms with Crippen LogP contribution in [-0.4, -0.2) is 51.4 Å². The highest BCUT2D eigenvalue weighted by atomic mass is 16.2. The first kappa shape index (κ1) is 16.3. The van der Waals surface area contributed by atoms with Gasteiger partial charge < -0.3 is 14.8 Å². The predicted molar refractivity (Wildman–Crippen MR) is 98.8 cm³/mol. The molecule has 2 aromatic heterocycles. The summed E-state index contributed by atoms with van der Waals surface area (Å²) in [5, 5.41) is 0. The van der Waals surface area contributed by atoms with Crippen molar-refractivity contribution in [3.8, 4) is 11.4 Å². The second-order valence-corrected chi connectivity index (χ2v) is 6.47. The van der Waals surface area contributed by atoms with Gasteiger partial charge in [0.1, 0.15) is 5.82 Å².